The summed E-state index contributed by atoms with van der Waals surface area (Å²) in [4.78, 5) is 23.2. The lowest BCUT2D eigenvalue weighted by Crippen LogP contribution is -2.08. The van der Waals surface area contributed by atoms with E-state index in [0.717, 1.165) is 23.1 Å². The normalized spacial score (nSPS) is 13.7. The first-order chi connectivity index (χ1) is 11.7. The van der Waals surface area contributed by atoms with Gasteiger partial charge in [-0.05, 0) is 43.4 Å². The highest BCUT2D eigenvalue weighted by molar-refractivity contribution is 7.19. The molecule has 0 atom stereocenters. The fraction of sp³-hybridized carbons (Fsp3) is 0.278. The molecule has 6 heteroatoms. The SMILES string of the molecule is Nc1nc(COC(=O)c2ccccc2)nc2sc3c(c12)CCCC3. The molecule has 0 saturated carbocycles. The average Bonchev–Trinajstić information content (AvgIpc) is 2.99. The van der Waals surface area contributed by atoms with E-state index in [2.05, 4.69) is 9.97 Å². The molecule has 2 N–H and O–H groups in total. The van der Waals surface area contributed by atoms with Gasteiger partial charge in [-0.1, -0.05) is 18.2 Å². The van der Waals surface area contributed by atoms with Gasteiger partial charge in [0.05, 0.1) is 10.9 Å². The van der Waals surface area contributed by atoms with Gasteiger partial charge in [0.15, 0.2) is 12.4 Å². The Morgan fingerprint density at radius 2 is 1.96 bits per heavy atom. The fourth-order valence-electron chi connectivity index (χ4n) is 3.08. The highest BCUT2D eigenvalue weighted by atomic mass is 32.1. The largest absolute Gasteiger partial charge is 0.454 e. The first-order valence-electron chi connectivity index (χ1n) is 8.01. The molecule has 3 aromatic rings. The monoisotopic (exact) mass is 339 g/mol. The molecule has 5 nitrogen and oxygen atoms in total. The van der Waals surface area contributed by atoms with Crippen LogP contribution in [-0.4, -0.2) is 15.9 Å². The molecule has 0 fully saturated rings. The molecule has 0 unspecified atom stereocenters. The zero-order valence-corrected chi connectivity index (χ0v) is 13.9. The number of hydrogen-bond acceptors (Lipinski definition) is 6. The molecule has 1 aliphatic rings. The second kappa shape index (κ2) is 6.20. The number of benzene rings is 1. The molecule has 1 aliphatic carbocycles. The number of nitrogen functional groups attached to an aromatic ring is 1. The third-order valence-corrected chi connectivity index (χ3v) is 5.42. The summed E-state index contributed by atoms with van der Waals surface area (Å²) in [5, 5.41) is 0.993. The number of aryl methyl sites for hydroxylation is 2. The highest BCUT2D eigenvalue weighted by Crippen LogP contribution is 2.37. The Morgan fingerprint density at radius 1 is 1.17 bits per heavy atom. The van der Waals surface area contributed by atoms with Gasteiger partial charge in [0.25, 0.3) is 0 Å². The van der Waals surface area contributed by atoms with Crippen LogP contribution in [0.3, 0.4) is 0 Å². The van der Waals surface area contributed by atoms with Crippen molar-refractivity contribution in [3.8, 4) is 0 Å². The molecule has 4 rings (SSSR count). The molecular weight excluding hydrogens is 322 g/mol. The van der Waals surface area contributed by atoms with Crippen molar-refractivity contribution < 1.29 is 9.53 Å². The van der Waals surface area contributed by atoms with E-state index in [1.165, 1.54) is 23.3 Å². The van der Waals surface area contributed by atoms with E-state index in [4.69, 9.17) is 10.5 Å². The Bertz CT molecular complexity index is 906. The van der Waals surface area contributed by atoms with Crippen LogP contribution in [0, 0.1) is 0 Å². The van der Waals surface area contributed by atoms with Gasteiger partial charge < -0.3 is 10.5 Å². The van der Waals surface area contributed by atoms with Crippen molar-refractivity contribution >= 4 is 33.3 Å². The van der Waals surface area contributed by atoms with Crippen LogP contribution in [0.25, 0.3) is 10.2 Å². The maximum absolute atomic E-state index is 12.0. The predicted molar refractivity (Wildman–Crippen MR) is 94.0 cm³/mol. The van der Waals surface area contributed by atoms with Crippen molar-refractivity contribution in [3.05, 3.63) is 52.2 Å². The summed E-state index contributed by atoms with van der Waals surface area (Å²) in [6.45, 7) is 0.0242. The molecule has 0 bridgehead atoms. The number of anilines is 1. The minimum Gasteiger partial charge on any atom is -0.454 e. The number of nitrogens with two attached hydrogens (primary N) is 1. The number of ether oxygens (including phenoxy) is 1. The topological polar surface area (TPSA) is 78.1 Å². The number of aromatic nitrogens is 2. The molecule has 0 amide bonds. The zero-order chi connectivity index (χ0) is 16.5. The quantitative estimate of drug-likeness (QED) is 0.739. The maximum atomic E-state index is 12.0. The highest BCUT2D eigenvalue weighted by Gasteiger charge is 2.20. The number of carbonyl (C=O) groups is 1. The number of thiophene rings is 1. The van der Waals surface area contributed by atoms with Gasteiger partial charge >= 0.3 is 5.97 Å². The number of nitrogens with zero attached hydrogens (tertiary/aromatic N) is 2. The van der Waals surface area contributed by atoms with Crippen LogP contribution < -0.4 is 5.73 Å². The van der Waals surface area contributed by atoms with E-state index in [1.807, 2.05) is 6.07 Å². The second-order valence-electron chi connectivity index (χ2n) is 5.86. The smallest absolute Gasteiger partial charge is 0.338 e. The van der Waals surface area contributed by atoms with Crippen molar-refractivity contribution in [1.29, 1.82) is 0 Å². The number of esters is 1. The van der Waals surface area contributed by atoms with Crippen LogP contribution in [0.5, 0.6) is 0 Å². The molecule has 0 spiro atoms. The third-order valence-electron chi connectivity index (χ3n) is 4.23. The van der Waals surface area contributed by atoms with E-state index >= 15 is 0 Å². The van der Waals surface area contributed by atoms with E-state index in [-0.39, 0.29) is 12.6 Å². The summed E-state index contributed by atoms with van der Waals surface area (Å²) in [6, 6.07) is 8.88. The van der Waals surface area contributed by atoms with Crippen molar-refractivity contribution in [2.45, 2.75) is 32.3 Å². The van der Waals surface area contributed by atoms with Crippen molar-refractivity contribution in [1.82, 2.24) is 9.97 Å². The Labute approximate surface area is 143 Å². The summed E-state index contributed by atoms with van der Waals surface area (Å²) in [5.74, 6) is 0.552. The minimum absolute atomic E-state index is 0.0242. The number of rotatable bonds is 3. The van der Waals surface area contributed by atoms with Crippen LogP contribution >= 0.6 is 11.3 Å². The second-order valence-corrected chi connectivity index (χ2v) is 6.94. The van der Waals surface area contributed by atoms with Crippen LogP contribution in [0.2, 0.25) is 0 Å². The van der Waals surface area contributed by atoms with Crippen molar-refractivity contribution in [2.24, 2.45) is 0 Å². The molecule has 1 aromatic carbocycles. The molecule has 0 radical (unpaired) electrons. The lowest BCUT2D eigenvalue weighted by atomic mass is 9.97. The lowest BCUT2D eigenvalue weighted by molar-refractivity contribution is 0.0463. The third kappa shape index (κ3) is 2.73. The first kappa shape index (κ1) is 15.1. The summed E-state index contributed by atoms with van der Waals surface area (Å²) in [5.41, 5.74) is 7.98. The Balaban J connectivity index is 1.58. The minimum atomic E-state index is -0.386. The van der Waals surface area contributed by atoms with Gasteiger partial charge in [-0.2, -0.15) is 0 Å². The van der Waals surface area contributed by atoms with Crippen LogP contribution in [0.4, 0.5) is 5.82 Å². The van der Waals surface area contributed by atoms with E-state index in [9.17, 15) is 4.79 Å². The van der Waals surface area contributed by atoms with Gasteiger partial charge in [0.2, 0.25) is 0 Å². The summed E-state index contributed by atoms with van der Waals surface area (Å²) in [6.07, 6.45) is 4.54. The molecule has 0 saturated heterocycles. The molecule has 2 aromatic heterocycles. The van der Waals surface area contributed by atoms with Crippen molar-refractivity contribution in [2.75, 3.05) is 5.73 Å². The average molecular weight is 339 g/mol. The van der Waals surface area contributed by atoms with E-state index < -0.39 is 0 Å². The standard InChI is InChI=1S/C18H17N3O2S/c19-16-15-12-8-4-5-9-13(12)24-17(15)21-14(20-16)10-23-18(22)11-6-2-1-3-7-11/h1-3,6-7H,4-5,8-10H2,(H2,19,20,21). The zero-order valence-electron chi connectivity index (χ0n) is 13.1. The van der Waals surface area contributed by atoms with Gasteiger partial charge in [0.1, 0.15) is 10.6 Å². The van der Waals surface area contributed by atoms with Gasteiger partial charge in [-0.3, -0.25) is 0 Å². The fourth-order valence-corrected chi connectivity index (χ4v) is 4.37. The lowest BCUT2D eigenvalue weighted by Gasteiger charge is -2.10. The molecule has 0 aliphatic heterocycles. The summed E-state index contributed by atoms with van der Waals surface area (Å²) >= 11 is 1.69. The Morgan fingerprint density at radius 3 is 2.79 bits per heavy atom. The van der Waals surface area contributed by atoms with Gasteiger partial charge in [-0.25, -0.2) is 14.8 Å². The summed E-state index contributed by atoms with van der Waals surface area (Å²) in [7, 11) is 0. The molecule has 24 heavy (non-hydrogen) atoms. The molecular formula is C18H17N3O2S. The van der Waals surface area contributed by atoms with Crippen LogP contribution in [0.1, 0.15) is 39.5 Å². The molecule has 122 valence electrons. The number of hydrogen-bond donors (Lipinski definition) is 1. The van der Waals surface area contributed by atoms with Crippen molar-refractivity contribution in [3.63, 3.8) is 0 Å². The number of carbonyl (C=O) groups excluding carboxylic acids is 1. The Hall–Kier alpha value is -2.47. The molecule has 2 heterocycles. The van der Waals surface area contributed by atoms with Gasteiger partial charge in [-0.15, -0.1) is 11.3 Å². The predicted octanol–water partition coefficient (Wildman–Crippen LogP) is 3.51. The van der Waals surface area contributed by atoms with E-state index in [1.54, 1.807) is 35.6 Å². The van der Waals surface area contributed by atoms with Crippen LogP contribution in [0.15, 0.2) is 30.3 Å². The van der Waals surface area contributed by atoms with Crippen LogP contribution in [-0.2, 0) is 24.2 Å². The first-order valence-corrected chi connectivity index (χ1v) is 8.83. The van der Waals surface area contributed by atoms with Gasteiger partial charge in [0, 0.05) is 4.88 Å². The summed E-state index contributed by atoms with van der Waals surface area (Å²) < 4.78 is 5.31. The maximum Gasteiger partial charge on any atom is 0.338 e. The number of fused-ring (bicyclic) bond motifs is 3. The van der Waals surface area contributed by atoms with E-state index in [0.29, 0.717) is 17.2 Å². The Kier molecular flexibility index (Phi) is 3.90.